The lowest BCUT2D eigenvalue weighted by Gasteiger charge is -2.26. The lowest BCUT2D eigenvalue weighted by molar-refractivity contribution is 0.200. The molecule has 0 radical (unpaired) electrons. The molecule has 2 amide bonds. The van der Waals surface area contributed by atoms with Crippen molar-refractivity contribution in [1.82, 2.24) is 20.2 Å². The monoisotopic (exact) mass is 467 g/mol. The molecule has 10 heteroatoms. The van der Waals surface area contributed by atoms with Crippen LogP contribution in [0, 0.1) is 5.41 Å². The van der Waals surface area contributed by atoms with E-state index >= 15 is 0 Å². The van der Waals surface area contributed by atoms with Gasteiger partial charge in [0.25, 0.3) is 0 Å². The average Bonchev–Trinajstić information content (AvgIpc) is 3.19. The Morgan fingerprint density at radius 1 is 1.39 bits per heavy atom. The molecule has 174 valence electrons. The van der Waals surface area contributed by atoms with Crippen LogP contribution < -0.4 is 16.4 Å². The molecule has 3 aromatic rings. The Morgan fingerprint density at radius 2 is 2.24 bits per heavy atom. The highest BCUT2D eigenvalue weighted by Crippen LogP contribution is 2.39. The number of rotatable bonds is 8. The maximum absolute atomic E-state index is 12.5. The highest BCUT2D eigenvalue weighted by Gasteiger charge is 2.26. The van der Waals surface area contributed by atoms with E-state index in [0.29, 0.717) is 24.2 Å². The number of hydrogen-bond acceptors (Lipinski definition) is 8. The van der Waals surface area contributed by atoms with Gasteiger partial charge in [0.05, 0.1) is 5.39 Å². The Labute approximate surface area is 196 Å². The van der Waals surface area contributed by atoms with Crippen LogP contribution in [-0.4, -0.2) is 58.5 Å². The molecule has 6 N–H and O–H groups in total. The van der Waals surface area contributed by atoms with Gasteiger partial charge in [-0.25, -0.2) is 14.8 Å². The third kappa shape index (κ3) is 5.07. The quantitative estimate of drug-likeness (QED) is 0.196. The van der Waals surface area contributed by atoms with Crippen LogP contribution in [-0.2, 0) is 12.8 Å². The number of urea groups is 1. The number of hydrogen-bond donors (Lipinski definition) is 5. The number of nitrogens with one attached hydrogen (secondary N) is 3. The molecule has 1 aromatic carbocycles. The number of carbonyl (C=O) groups excluding carboxylic acids is 1. The molecule has 1 aliphatic rings. The topological polar surface area (TPSA) is 140 Å². The first kappa shape index (κ1) is 22.9. The molecule has 1 aliphatic carbocycles. The summed E-state index contributed by atoms with van der Waals surface area (Å²) in [4.78, 5) is 25.3. The number of carbonyl (C=O) groups is 1. The Bertz CT molecular complexity index is 1160. The van der Waals surface area contributed by atoms with Crippen LogP contribution in [0.5, 0.6) is 0 Å². The number of nitrogens with two attached hydrogens (primary N) is 1. The molecule has 0 spiro atoms. The first-order valence-electron chi connectivity index (χ1n) is 11.0. The van der Waals surface area contributed by atoms with Gasteiger partial charge in [-0.2, -0.15) is 0 Å². The lowest BCUT2D eigenvalue weighted by atomic mass is 9.93. The number of anilines is 3. The fourth-order valence-electron chi connectivity index (χ4n) is 4.09. The SMILES string of the molecule is CN(CCCCO)C(=O)NC1CCc2c(sc3ncnc(Nc4ccc(N)c(C=N)c4)c23)C1. The van der Waals surface area contributed by atoms with Crippen molar-refractivity contribution in [2.45, 2.75) is 38.1 Å². The van der Waals surface area contributed by atoms with E-state index in [1.807, 2.05) is 12.1 Å². The fourth-order valence-corrected chi connectivity index (χ4v) is 5.36. The van der Waals surface area contributed by atoms with Gasteiger partial charge in [0.1, 0.15) is 17.0 Å². The number of unbranched alkanes of at least 4 members (excludes halogenated alkanes) is 1. The number of aryl methyl sites for hydroxylation is 1. The highest BCUT2D eigenvalue weighted by atomic mass is 32.1. The molecule has 1 atom stereocenters. The average molecular weight is 468 g/mol. The zero-order valence-electron chi connectivity index (χ0n) is 18.6. The van der Waals surface area contributed by atoms with Crippen molar-refractivity contribution >= 4 is 51.0 Å². The number of benzene rings is 1. The molecule has 1 unspecified atom stereocenters. The molecule has 2 aromatic heterocycles. The number of aromatic nitrogens is 2. The molecule has 0 bridgehead atoms. The molecule has 0 saturated carbocycles. The van der Waals surface area contributed by atoms with Gasteiger partial charge in [0, 0.05) is 60.7 Å². The molecular weight excluding hydrogens is 438 g/mol. The molecule has 0 fully saturated rings. The summed E-state index contributed by atoms with van der Waals surface area (Å²) in [6.45, 7) is 0.775. The van der Waals surface area contributed by atoms with Crippen molar-refractivity contribution in [3.05, 3.63) is 40.5 Å². The second-order valence-corrected chi connectivity index (χ2v) is 9.34. The normalized spacial score (nSPS) is 15.2. The molecule has 4 rings (SSSR count). The van der Waals surface area contributed by atoms with Crippen molar-refractivity contribution in [2.75, 3.05) is 31.2 Å². The zero-order valence-corrected chi connectivity index (χ0v) is 19.4. The van der Waals surface area contributed by atoms with Crippen molar-refractivity contribution in [3.8, 4) is 0 Å². The molecular formula is C23H29N7O2S. The van der Waals surface area contributed by atoms with Crippen LogP contribution >= 0.6 is 11.3 Å². The van der Waals surface area contributed by atoms with Gasteiger partial charge in [0.2, 0.25) is 0 Å². The number of aliphatic hydroxyl groups is 1. The number of nitrogen functional groups attached to an aromatic ring is 1. The summed E-state index contributed by atoms with van der Waals surface area (Å²) in [5.74, 6) is 0.740. The van der Waals surface area contributed by atoms with Crippen LogP contribution in [0.25, 0.3) is 10.2 Å². The molecule has 33 heavy (non-hydrogen) atoms. The summed E-state index contributed by atoms with van der Waals surface area (Å²) in [6.07, 6.45) is 6.74. The van der Waals surface area contributed by atoms with E-state index in [4.69, 9.17) is 16.2 Å². The predicted molar refractivity (Wildman–Crippen MR) is 133 cm³/mol. The zero-order chi connectivity index (χ0) is 23.4. The lowest BCUT2D eigenvalue weighted by Crippen LogP contribution is -2.45. The van der Waals surface area contributed by atoms with E-state index in [2.05, 4.69) is 20.6 Å². The summed E-state index contributed by atoms with van der Waals surface area (Å²) in [6, 6.07) is 5.48. The van der Waals surface area contributed by atoms with Gasteiger partial charge in [-0.05, 0) is 49.4 Å². The van der Waals surface area contributed by atoms with Crippen molar-refractivity contribution in [3.63, 3.8) is 0 Å². The number of aliphatic hydroxyl groups excluding tert-OH is 1. The standard InChI is InChI=1S/C23H29N7O2S/c1-30(8-2-3-9-31)23(32)29-16-4-6-17-19(11-16)33-22-20(17)21(26-13-27-22)28-15-5-7-18(25)14(10-15)12-24/h5,7,10,12-13,16,24,31H,2-4,6,8-9,11,25H2,1H3,(H,29,32)(H,26,27,28). The summed E-state index contributed by atoms with van der Waals surface area (Å²) < 4.78 is 0. The van der Waals surface area contributed by atoms with Gasteiger partial charge in [0.15, 0.2) is 0 Å². The van der Waals surface area contributed by atoms with Crippen LogP contribution in [0.2, 0.25) is 0 Å². The summed E-state index contributed by atoms with van der Waals surface area (Å²) in [5.41, 5.74) is 9.17. The first-order chi connectivity index (χ1) is 16.0. The minimum Gasteiger partial charge on any atom is -0.398 e. The van der Waals surface area contributed by atoms with E-state index in [9.17, 15) is 4.79 Å². The third-order valence-corrected chi connectivity index (χ3v) is 7.09. The van der Waals surface area contributed by atoms with Gasteiger partial charge in [-0.3, -0.25) is 0 Å². The smallest absolute Gasteiger partial charge is 0.317 e. The van der Waals surface area contributed by atoms with Gasteiger partial charge >= 0.3 is 6.03 Å². The number of nitrogens with zero attached hydrogens (tertiary/aromatic N) is 3. The third-order valence-electron chi connectivity index (χ3n) is 5.93. The van der Waals surface area contributed by atoms with E-state index < -0.39 is 0 Å². The molecule has 0 aliphatic heterocycles. The highest BCUT2D eigenvalue weighted by molar-refractivity contribution is 7.19. The Kier molecular flexibility index (Phi) is 7.05. The van der Waals surface area contributed by atoms with Crippen LogP contribution in [0.15, 0.2) is 24.5 Å². The van der Waals surface area contributed by atoms with Crippen molar-refractivity contribution in [1.29, 1.82) is 5.41 Å². The van der Waals surface area contributed by atoms with Gasteiger partial charge < -0.3 is 31.8 Å². The Balaban J connectivity index is 1.50. The molecule has 2 heterocycles. The van der Waals surface area contributed by atoms with E-state index in [0.717, 1.165) is 47.4 Å². The number of thiophene rings is 1. The number of amides is 2. The molecule has 9 nitrogen and oxygen atoms in total. The van der Waals surface area contributed by atoms with Gasteiger partial charge in [-0.1, -0.05) is 0 Å². The summed E-state index contributed by atoms with van der Waals surface area (Å²) >= 11 is 1.65. The van der Waals surface area contributed by atoms with E-state index in [1.165, 1.54) is 16.7 Å². The van der Waals surface area contributed by atoms with E-state index in [-0.39, 0.29) is 18.7 Å². The summed E-state index contributed by atoms with van der Waals surface area (Å²) in [7, 11) is 1.79. The van der Waals surface area contributed by atoms with Crippen molar-refractivity contribution < 1.29 is 9.90 Å². The van der Waals surface area contributed by atoms with E-state index in [1.54, 1.807) is 35.7 Å². The van der Waals surface area contributed by atoms with Gasteiger partial charge in [-0.15, -0.1) is 11.3 Å². The number of fused-ring (bicyclic) bond motifs is 3. The molecule has 0 saturated heterocycles. The van der Waals surface area contributed by atoms with Crippen LogP contribution in [0.1, 0.15) is 35.3 Å². The second-order valence-electron chi connectivity index (χ2n) is 8.26. The largest absolute Gasteiger partial charge is 0.398 e. The van der Waals surface area contributed by atoms with Crippen LogP contribution in [0.3, 0.4) is 0 Å². The second kappa shape index (κ2) is 10.1. The first-order valence-corrected chi connectivity index (χ1v) is 11.9. The maximum atomic E-state index is 12.5. The maximum Gasteiger partial charge on any atom is 0.317 e. The van der Waals surface area contributed by atoms with Crippen LogP contribution in [0.4, 0.5) is 22.0 Å². The minimum atomic E-state index is -0.0741. The minimum absolute atomic E-state index is 0.0741. The Morgan fingerprint density at radius 3 is 3.03 bits per heavy atom. The summed E-state index contributed by atoms with van der Waals surface area (Å²) in [5, 5.41) is 24.0. The van der Waals surface area contributed by atoms with Crippen molar-refractivity contribution in [2.24, 2.45) is 0 Å². The Hall–Kier alpha value is -3.24. The predicted octanol–water partition coefficient (Wildman–Crippen LogP) is 3.29. The fraction of sp³-hybridized carbons (Fsp3) is 0.391.